The molecule has 0 spiro atoms. The maximum Gasteiger partial charge on any atom is 0.410 e. The van der Waals surface area contributed by atoms with Crippen molar-refractivity contribution in [2.45, 2.75) is 84.2 Å². The Morgan fingerprint density at radius 3 is 2.81 bits per heavy atom. The molecule has 4 aliphatic carbocycles. The van der Waals surface area contributed by atoms with Gasteiger partial charge in [0.1, 0.15) is 12.1 Å². The second kappa shape index (κ2) is 9.75. The highest BCUT2D eigenvalue weighted by molar-refractivity contribution is 5.93. The number of carbonyl (C=O) groups excluding carboxylic acids is 3. The molecule has 1 unspecified atom stereocenters. The largest absolute Gasteiger partial charge is 0.449 e. The van der Waals surface area contributed by atoms with Gasteiger partial charge in [0.05, 0.1) is 12.6 Å². The fourth-order valence-electron chi connectivity index (χ4n) is 8.45. The molecule has 0 saturated heterocycles. The third-order valence-corrected chi connectivity index (χ3v) is 10.2. The van der Waals surface area contributed by atoms with Crippen LogP contribution in [0.4, 0.5) is 9.18 Å². The molecule has 5 nitrogen and oxygen atoms in total. The van der Waals surface area contributed by atoms with Gasteiger partial charge in [-0.05, 0) is 85.5 Å². The summed E-state index contributed by atoms with van der Waals surface area (Å²) in [6, 6.07) is 5.89. The molecule has 0 radical (unpaired) electrons. The predicted molar refractivity (Wildman–Crippen MR) is 134 cm³/mol. The molecule has 5 rings (SSSR count). The fraction of sp³-hybridized carbons (Fsp3) is 0.633. The third kappa shape index (κ3) is 4.31. The molecule has 0 aromatic heterocycles. The smallest absolute Gasteiger partial charge is 0.410 e. The molecule has 0 heterocycles. The van der Waals surface area contributed by atoms with Crippen LogP contribution in [0.3, 0.4) is 0 Å². The lowest BCUT2D eigenvalue weighted by molar-refractivity contribution is -0.122. The summed E-state index contributed by atoms with van der Waals surface area (Å²) in [4.78, 5) is 39.0. The number of hydrogen-bond acceptors (Lipinski definition) is 4. The average molecular weight is 496 g/mol. The van der Waals surface area contributed by atoms with Gasteiger partial charge in [-0.2, -0.15) is 0 Å². The monoisotopic (exact) mass is 495 g/mol. The van der Waals surface area contributed by atoms with Gasteiger partial charge >= 0.3 is 6.09 Å². The molecule has 6 heteroatoms. The van der Waals surface area contributed by atoms with E-state index in [1.54, 1.807) is 17.0 Å². The van der Waals surface area contributed by atoms with Crippen LogP contribution in [0.25, 0.3) is 0 Å². The van der Waals surface area contributed by atoms with E-state index in [0.717, 1.165) is 31.1 Å². The van der Waals surface area contributed by atoms with Crippen molar-refractivity contribution < 1.29 is 23.5 Å². The summed E-state index contributed by atoms with van der Waals surface area (Å²) >= 11 is 0. The number of carbonyl (C=O) groups is 3. The summed E-state index contributed by atoms with van der Waals surface area (Å²) in [5.74, 6) is 1.36. The molecule has 6 atom stereocenters. The molecule has 3 fully saturated rings. The molecular weight excluding hydrogens is 457 g/mol. The number of amides is 1. The quantitative estimate of drug-likeness (QED) is 0.345. The van der Waals surface area contributed by atoms with Crippen molar-refractivity contribution in [1.29, 1.82) is 0 Å². The molecule has 36 heavy (non-hydrogen) atoms. The Morgan fingerprint density at radius 1 is 1.19 bits per heavy atom. The van der Waals surface area contributed by atoms with Gasteiger partial charge in [-0.15, -0.1) is 0 Å². The summed E-state index contributed by atoms with van der Waals surface area (Å²) in [5.41, 5.74) is 1.90. The van der Waals surface area contributed by atoms with Crippen LogP contribution in [0.2, 0.25) is 0 Å². The number of aldehydes is 1. The van der Waals surface area contributed by atoms with Gasteiger partial charge in [0.25, 0.3) is 0 Å². The standard InChI is InChI=1S/C30H38FNO4/c1-29-12-4-8-25(29)24-10-9-21-17-23(34)18-27(30(21,2)26(24)11-13-29)32(28(35)36-15-5-14-33)19-20-6-3-7-22(31)16-20/h3,6-7,14,16-17,24-27H,4-5,8-13,15,18-19H2,1-2H3/t24-,25-,26-,27?,29-,30-/m0/s1. The van der Waals surface area contributed by atoms with Crippen LogP contribution >= 0.6 is 0 Å². The van der Waals surface area contributed by atoms with Gasteiger partial charge in [0, 0.05) is 24.8 Å². The number of ketones is 1. The van der Waals surface area contributed by atoms with E-state index >= 15 is 0 Å². The highest BCUT2D eigenvalue weighted by Gasteiger charge is 2.60. The lowest BCUT2D eigenvalue weighted by Crippen LogP contribution is -2.60. The minimum atomic E-state index is -0.537. The van der Waals surface area contributed by atoms with Gasteiger partial charge in [0.2, 0.25) is 0 Å². The Bertz CT molecular complexity index is 1070. The van der Waals surface area contributed by atoms with Crippen LogP contribution in [0.5, 0.6) is 0 Å². The van der Waals surface area contributed by atoms with Crippen LogP contribution in [0.1, 0.15) is 77.2 Å². The van der Waals surface area contributed by atoms with Crippen molar-refractivity contribution in [3.05, 3.63) is 47.3 Å². The molecule has 1 aromatic rings. The molecule has 0 bridgehead atoms. The van der Waals surface area contributed by atoms with Crippen LogP contribution in [0.15, 0.2) is 35.9 Å². The highest BCUT2D eigenvalue weighted by Crippen LogP contribution is 2.65. The Balaban J connectivity index is 1.52. The first-order valence-corrected chi connectivity index (χ1v) is 13.6. The first kappa shape index (κ1) is 25.2. The summed E-state index contributed by atoms with van der Waals surface area (Å²) in [6.07, 6.45) is 10.6. The summed E-state index contributed by atoms with van der Waals surface area (Å²) in [6.45, 7) is 4.89. The second-order valence-corrected chi connectivity index (χ2v) is 12.0. The molecule has 1 amide bonds. The molecule has 3 saturated carbocycles. The van der Waals surface area contributed by atoms with Crippen LogP contribution in [-0.2, 0) is 20.9 Å². The Morgan fingerprint density at radius 2 is 2.03 bits per heavy atom. The van der Waals surface area contributed by atoms with E-state index in [2.05, 4.69) is 13.8 Å². The maximum atomic E-state index is 14.1. The Hall–Kier alpha value is -2.50. The molecular formula is C30H38FNO4. The van der Waals surface area contributed by atoms with Gasteiger partial charge in [-0.3, -0.25) is 9.69 Å². The second-order valence-electron chi connectivity index (χ2n) is 12.0. The molecule has 1 aromatic carbocycles. The van der Waals surface area contributed by atoms with E-state index in [1.165, 1.54) is 37.8 Å². The number of rotatable bonds is 6. The van der Waals surface area contributed by atoms with Crippen LogP contribution in [0, 0.1) is 34.4 Å². The summed E-state index contributed by atoms with van der Waals surface area (Å²) in [5, 5.41) is 0. The van der Waals surface area contributed by atoms with Crippen molar-refractivity contribution in [3.8, 4) is 0 Å². The van der Waals surface area contributed by atoms with E-state index < -0.39 is 6.09 Å². The minimum absolute atomic E-state index is 0.00541. The van der Waals surface area contributed by atoms with Crippen molar-refractivity contribution >= 4 is 18.2 Å². The van der Waals surface area contributed by atoms with Gasteiger partial charge < -0.3 is 9.53 Å². The normalized spacial score (nSPS) is 35.2. The first-order chi connectivity index (χ1) is 17.3. The summed E-state index contributed by atoms with van der Waals surface area (Å²) in [7, 11) is 0. The lowest BCUT2D eigenvalue weighted by atomic mass is 9.46. The third-order valence-electron chi connectivity index (χ3n) is 10.2. The number of halogens is 1. The molecule has 194 valence electrons. The number of ether oxygens (including phenoxy) is 1. The van der Waals surface area contributed by atoms with E-state index in [9.17, 15) is 18.8 Å². The fourth-order valence-corrected chi connectivity index (χ4v) is 8.45. The molecule has 4 aliphatic rings. The minimum Gasteiger partial charge on any atom is -0.449 e. The number of nitrogens with zero attached hydrogens (tertiary/aromatic N) is 1. The van der Waals surface area contributed by atoms with Crippen LogP contribution in [-0.4, -0.2) is 35.7 Å². The van der Waals surface area contributed by atoms with Gasteiger partial charge in [0.15, 0.2) is 5.78 Å². The molecule has 0 N–H and O–H groups in total. The number of fused-ring (bicyclic) bond motifs is 5. The lowest BCUT2D eigenvalue weighted by Gasteiger charge is -2.60. The van der Waals surface area contributed by atoms with Crippen molar-refractivity contribution in [3.63, 3.8) is 0 Å². The predicted octanol–water partition coefficient (Wildman–Crippen LogP) is 6.25. The molecule has 0 aliphatic heterocycles. The van der Waals surface area contributed by atoms with E-state index in [-0.39, 0.29) is 49.1 Å². The zero-order valence-electron chi connectivity index (χ0n) is 21.5. The Kier molecular flexibility index (Phi) is 6.82. The van der Waals surface area contributed by atoms with Crippen molar-refractivity contribution in [2.75, 3.05) is 6.61 Å². The zero-order chi connectivity index (χ0) is 25.5. The Labute approximate surface area is 213 Å². The zero-order valence-corrected chi connectivity index (χ0v) is 21.5. The van der Waals surface area contributed by atoms with Gasteiger partial charge in [-0.1, -0.05) is 38.0 Å². The number of benzene rings is 1. The van der Waals surface area contributed by atoms with Crippen molar-refractivity contribution in [2.24, 2.45) is 28.6 Å². The van der Waals surface area contributed by atoms with E-state index in [1.807, 2.05) is 6.08 Å². The highest BCUT2D eigenvalue weighted by atomic mass is 19.1. The summed E-state index contributed by atoms with van der Waals surface area (Å²) < 4.78 is 19.6. The number of hydrogen-bond donors (Lipinski definition) is 0. The van der Waals surface area contributed by atoms with Gasteiger partial charge in [-0.25, -0.2) is 9.18 Å². The van der Waals surface area contributed by atoms with E-state index in [4.69, 9.17) is 4.74 Å². The maximum absolute atomic E-state index is 14.1. The first-order valence-electron chi connectivity index (χ1n) is 13.6. The average Bonchev–Trinajstić information content (AvgIpc) is 3.25. The SMILES string of the molecule is C[C@@]12CCC[C@H]1[C@@H]1CCC3=CC(=O)CC(N(Cc4cccc(F)c4)C(=O)OCCC=O)[C@]3(C)[C@H]1CC2. The van der Waals surface area contributed by atoms with Crippen LogP contribution < -0.4 is 0 Å². The van der Waals surface area contributed by atoms with Crippen molar-refractivity contribution in [1.82, 2.24) is 4.90 Å². The van der Waals surface area contributed by atoms with E-state index in [0.29, 0.717) is 28.7 Å². The topological polar surface area (TPSA) is 63.7 Å².